The van der Waals surface area contributed by atoms with Crippen molar-refractivity contribution >= 4 is 38.2 Å². The average molecular weight is 465 g/mol. The molecule has 0 N–H and O–H groups in total. The summed E-state index contributed by atoms with van der Waals surface area (Å²) < 4.78 is 27.3. The monoisotopic (exact) mass is 464 g/mol. The molecular weight excluding hydrogens is 444 g/mol. The molecule has 0 saturated carbocycles. The Labute approximate surface area is 192 Å². The lowest BCUT2D eigenvalue weighted by Crippen LogP contribution is -2.48. The molecule has 1 aromatic heterocycles. The molecule has 1 fully saturated rings. The van der Waals surface area contributed by atoms with Gasteiger partial charge in [0.15, 0.2) is 5.82 Å². The van der Waals surface area contributed by atoms with Crippen LogP contribution in [-0.4, -0.2) is 49.1 Å². The lowest BCUT2D eigenvalue weighted by atomic mass is 10.0. The van der Waals surface area contributed by atoms with Crippen molar-refractivity contribution in [2.75, 3.05) is 31.1 Å². The van der Waals surface area contributed by atoms with Crippen LogP contribution in [0.5, 0.6) is 0 Å². The number of aromatic nitrogens is 2. The second kappa shape index (κ2) is 8.50. The van der Waals surface area contributed by atoms with E-state index in [2.05, 4.69) is 33.3 Å². The molecule has 4 aromatic rings. The van der Waals surface area contributed by atoms with E-state index in [1.54, 1.807) is 24.3 Å². The molecule has 0 aliphatic carbocycles. The predicted octanol–water partition coefficient (Wildman–Crippen LogP) is 4.46. The summed E-state index contributed by atoms with van der Waals surface area (Å²) in [6, 6.07) is 24.6. The highest BCUT2D eigenvalue weighted by molar-refractivity contribution is 7.89. The maximum Gasteiger partial charge on any atom is 0.243 e. The molecule has 3 aromatic carbocycles. The average Bonchev–Trinajstić information content (AvgIpc) is 2.84. The number of hydrogen-bond acceptors (Lipinski definition) is 5. The molecule has 0 amide bonds. The SMILES string of the molecule is O=S(=O)(c1ccc(Cl)cc1)N1CCN(c2ccc(-c3cccc4ccccc34)nn2)CC1. The Morgan fingerprint density at radius 2 is 1.47 bits per heavy atom. The molecule has 0 unspecified atom stereocenters. The fourth-order valence-corrected chi connectivity index (χ4v) is 5.55. The molecule has 8 heteroatoms. The van der Waals surface area contributed by atoms with Gasteiger partial charge >= 0.3 is 0 Å². The number of piperazine rings is 1. The fraction of sp³-hybridized carbons (Fsp3) is 0.167. The molecule has 0 radical (unpaired) electrons. The first-order valence-electron chi connectivity index (χ1n) is 10.3. The van der Waals surface area contributed by atoms with E-state index < -0.39 is 10.0 Å². The van der Waals surface area contributed by atoms with E-state index in [9.17, 15) is 8.42 Å². The minimum atomic E-state index is -3.54. The van der Waals surface area contributed by atoms with E-state index in [4.69, 9.17) is 11.6 Å². The summed E-state index contributed by atoms with van der Waals surface area (Å²) in [6.07, 6.45) is 0. The zero-order valence-corrected chi connectivity index (χ0v) is 18.8. The van der Waals surface area contributed by atoms with E-state index in [0.29, 0.717) is 31.2 Å². The van der Waals surface area contributed by atoms with Crippen molar-refractivity contribution in [3.63, 3.8) is 0 Å². The van der Waals surface area contributed by atoms with Crippen LogP contribution in [0.2, 0.25) is 5.02 Å². The Morgan fingerprint density at radius 1 is 0.750 bits per heavy atom. The van der Waals surface area contributed by atoms with Crippen LogP contribution in [0.3, 0.4) is 0 Å². The Kier molecular flexibility index (Phi) is 5.55. The van der Waals surface area contributed by atoms with Gasteiger partial charge < -0.3 is 4.90 Å². The number of hydrogen-bond donors (Lipinski definition) is 0. The molecular formula is C24H21ClN4O2S. The van der Waals surface area contributed by atoms with E-state index >= 15 is 0 Å². The van der Waals surface area contributed by atoms with E-state index in [0.717, 1.165) is 27.8 Å². The van der Waals surface area contributed by atoms with Gasteiger partial charge in [-0.2, -0.15) is 4.31 Å². The maximum atomic E-state index is 12.9. The third-order valence-electron chi connectivity index (χ3n) is 5.73. The summed E-state index contributed by atoms with van der Waals surface area (Å²) in [4.78, 5) is 2.32. The van der Waals surface area contributed by atoms with Crippen molar-refractivity contribution in [1.29, 1.82) is 0 Å². The molecule has 6 nitrogen and oxygen atoms in total. The van der Waals surface area contributed by atoms with E-state index in [1.807, 2.05) is 36.4 Å². The van der Waals surface area contributed by atoms with Crippen molar-refractivity contribution in [3.8, 4) is 11.3 Å². The summed E-state index contributed by atoms with van der Waals surface area (Å²) in [6.45, 7) is 1.87. The topological polar surface area (TPSA) is 66.4 Å². The van der Waals surface area contributed by atoms with Crippen LogP contribution in [0.4, 0.5) is 5.82 Å². The van der Waals surface area contributed by atoms with Crippen molar-refractivity contribution in [2.24, 2.45) is 0 Å². The number of nitrogens with zero attached hydrogens (tertiary/aromatic N) is 4. The Balaban J connectivity index is 1.31. The minimum absolute atomic E-state index is 0.259. The van der Waals surface area contributed by atoms with Gasteiger partial charge in [0, 0.05) is 36.8 Å². The summed E-state index contributed by atoms with van der Waals surface area (Å²) in [5.74, 6) is 0.748. The van der Waals surface area contributed by atoms with Crippen LogP contribution in [-0.2, 0) is 10.0 Å². The second-order valence-corrected chi connectivity index (χ2v) is 10.0. The predicted molar refractivity (Wildman–Crippen MR) is 127 cm³/mol. The summed E-state index contributed by atoms with van der Waals surface area (Å²) >= 11 is 5.89. The molecule has 32 heavy (non-hydrogen) atoms. The number of sulfonamides is 1. The Bertz CT molecular complexity index is 1350. The van der Waals surface area contributed by atoms with Crippen molar-refractivity contribution in [2.45, 2.75) is 4.90 Å². The van der Waals surface area contributed by atoms with Gasteiger partial charge in [-0.15, -0.1) is 10.2 Å². The normalized spacial score (nSPS) is 15.2. The van der Waals surface area contributed by atoms with Crippen molar-refractivity contribution in [1.82, 2.24) is 14.5 Å². The molecule has 162 valence electrons. The summed E-state index contributed by atoms with van der Waals surface area (Å²) in [7, 11) is -3.54. The standard InChI is InChI=1S/C24H21ClN4O2S/c25-19-8-10-20(11-9-19)32(30,31)29-16-14-28(15-17-29)24-13-12-23(26-27-24)22-7-3-5-18-4-1-2-6-21(18)22/h1-13H,14-17H2. The Hall–Kier alpha value is -3.00. The van der Waals surface area contributed by atoms with Gasteiger partial charge in [0.1, 0.15) is 0 Å². The van der Waals surface area contributed by atoms with Crippen LogP contribution in [0, 0.1) is 0 Å². The van der Waals surface area contributed by atoms with Gasteiger partial charge in [-0.05, 0) is 47.2 Å². The molecule has 1 aliphatic heterocycles. The van der Waals surface area contributed by atoms with E-state index in [-0.39, 0.29) is 4.90 Å². The highest BCUT2D eigenvalue weighted by Crippen LogP contribution is 2.28. The molecule has 2 heterocycles. The summed E-state index contributed by atoms with van der Waals surface area (Å²) in [5, 5.41) is 11.7. The first-order chi connectivity index (χ1) is 15.5. The van der Waals surface area contributed by atoms with Gasteiger partial charge in [-0.25, -0.2) is 8.42 Å². The number of rotatable bonds is 4. The number of fused-ring (bicyclic) bond motifs is 1. The zero-order chi connectivity index (χ0) is 22.1. The van der Waals surface area contributed by atoms with Crippen molar-refractivity contribution in [3.05, 3.63) is 83.9 Å². The highest BCUT2D eigenvalue weighted by Gasteiger charge is 2.29. The molecule has 5 rings (SSSR count). The molecule has 1 saturated heterocycles. The number of anilines is 1. The van der Waals surface area contributed by atoms with Gasteiger partial charge in [-0.3, -0.25) is 0 Å². The van der Waals surface area contributed by atoms with Crippen LogP contribution in [0.25, 0.3) is 22.0 Å². The highest BCUT2D eigenvalue weighted by atomic mass is 35.5. The third-order valence-corrected chi connectivity index (χ3v) is 7.89. The molecule has 0 atom stereocenters. The van der Waals surface area contributed by atoms with Gasteiger partial charge in [0.2, 0.25) is 10.0 Å². The first-order valence-corrected chi connectivity index (χ1v) is 12.2. The Morgan fingerprint density at radius 3 is 2.19 bits per heavy atom. The largest absolute Gasteiger partial charge is 0.352 e. The van der Waals surface area contributed by atoms with E-state index in [1.165, 1.54) is 4.31 Å². The maximum absolute atomic E-state index is 12.9. The smallest absolute Gasteiger partial charge is 0.243 e. The van der Waals surface area contributed by atoms with Gasteiger partial charge in [0.05, 0.1) is 10.6 Å². The lowest BCUT2D eigenvalue weighted by molar-refractivity contribution is 0.383. The van der Waals surface area contributed by atoms with Gasteiger partial charge in [0.25, 0.3) is 0 Å². The number of benzene rings is 3. The minimum Gasteiger partial charge on any atom is -0.352 e. The van der Waals surface area contributed by atoms with Crippen LogP contribution in [0.1, 0.15) is 0 Å². The number of halogens is 1. The van der Waals surface area contributed by atoms with Crippen LogP contribution in [0.15, 0.2) is 83.8 Å². The first kappa shape index (κ1) is 20.9. The third kappa shape index (κ3) is 3.95. The van der Waals surface area contributed by atoms with Crippen LogP contribution >= 0.6 is 11.6 Å². The molecule has 0 spiro atoms. The second-order valence-electron chi connectivity index (χ2n) is 7.65. The van der Waals surface area contributed by atoms with Gasteiger partial charge in [-0.1, -0.05) is 54.1 Å². The van der Waals surface area contributed by atoms with Crippen molar-refractivity contribution < 1.29 is 8.42 Å². The fourth-order valence-electron chi connectivity index (χ4n) is 4.00. The quantitative estimate of drug-likeness (QED) is 0.446. The summed E-state index contributed by atoms with van der Waals surface area (Å²) in [5.41, 5.74) is 1.86. The zero-order valence-electron chi connectivity index (χ0n) is 17.2. The molecule has 1 aliphatic rings. The van der Waals surface area contributed by atoms with Crippen LogP contribution < -0.4 is 4.90 Å². The molecule has 0 bridgehead atoms. The lowest BCUT2D eigenvalue weighted by Gasteiger charge is -2.34.